The zero-order chi connectivity index (χ0) is 28.9. The van der Waals surface area contributed by atoms with Gasteiger partial charge in [-0.3, -0.25) is 4.79 Å². The van der Waals surface area contributed by atoms with Crippen molar-refractivity contribution in [1.82, 2.24) is 20.2 Å². The van der Waals surface area contributed by atoms with Gasteiger partial charge in [0.1, 0.15) is 18.4 Å². The van der Waals surface area contributed by atoms with Gasteiger partial charge < -0.3 is 24.8 Å². The van der Waals surface area contributed by atoms with Gasteiger partial charge >= 0.3 is 0 Å². The van der Waals surface area contributed by atoms with Crippen LogP contribution in [0.2, 0.25) is 5.02 Å². The molecule has 1 amide bonds. The Labute approximate surface area is 250 Å². The topological polar surface area (TPSA) is 112 Å². The number of anilines is 2. The van der Waals surface area contributed by atoms with Crippen LogP contribution < -0.4 is 24.8 Å². The van der Waals surface area contributed by atoms with E-state index in [4.69, 9.17) is 25.8 Å². The second kappa shape index (κ2) is 12.6. The average molecular weight is 640 g/mol. The molecule has 0 saturated heterocycles. The van der Waals surface area contributed by atoms with Crippen LogP contribution in [0.25, 0.3) is 0 Å². The largest absolute Gasteiger partial charge is 0.492 e. The van der Waals surface area contributed by atoms with E-state index in [-0.39, 0.29) is 5.91 Å². The van der Waals surface area contributed by atoms with Gasteiger partial charge in [0, 0.05) is 10.7 Å². The second-order valence-corrected chi connectivity index (χ2v) is 10.4. The molecule has 0 bridgehead atoms. The van der Waals surface area contributed by atoms with Gasteiger partial charge in [-0.2, -0.15) is 4.68 Å². The number of fused-ring (bicyclic) bond motifs is 1. The number of ether oxygens (including phenoxy) is 3. The van der Waals surface area contributed by atoms with E-state index >= 15 is 0 Å². The molecule has 0 spiro atoms. The summed E-state index contributed by atoms with van der Waals surface area (Å²) in [5.74, 6) is 1.71. The number of amides is 1. The monoisotopic (exact) mass is 638 g/mol. The fraction of sp³-hybridized carbons (Fsp3) is 0.241. The summed E-state index contributed by atoms with van der Waals surface area (Å²) in [6.07, 6.45) is 0. The number of hydrogen-bond donors (Lipinski definition) is 2. The van der Waals surface area contributed by atoms with Crippen LogP contribution in [0, 0.1) is 0 Å². The summed E-state index contributed by atoms with van der Waals surface area (Å²) >= 11 is 9.69. The molecule has 3 aromatic carbocycles. The van der Waals surface area contributed by atoms with Gasteiger partial charge in [0.25, 0.3) is 5.91 Å². The molecule has 0 saturated carbocycles. The molecule has 10 nitrogen and oxygen atoms in total. The first-order valence-corrected chi connectivity index (χ1v) is 14.2. The van der Waals surface area contributed by atoms with Crippen molar-refractivity contribution in [2.24, 2.45) is 0 Å². The average Bonchev–Trinajstić information content (AvgIpc) is 3.42. The number of allylic oxidation sites excluding steroid dienone is 1. The smallest absolute Gasteiger partial charge is 0.255 e. The molecule has 1 atom stereocenters. The summed E-state index contributed by atoms with van der Waals surface area (Å²) < 4.78 is 20.1. The Hall–Kier alpha value is -4.09. The maximum atomic E-state index is 13.9. The van der Waals surface area contributed by atoms with Crippen molar-refractivity contribution in [1.29, 1.82) is 0 Å². The number of carbonyl (C=O) groups excluding carboxylic acids is 1. The molecule has 1 aromatic heterocycles. The molecule has 0 radical (unpaired) electrons. The first kappa shape index (κ1) is 28.4. The molecule has 1 aliphatic rings. The minimum Gasteiger partial charge on any atom is -0.492 e. The quantitative estimate of drug-likeness (QED) is 0.205. The van der Waals surface area contributed by atoms with E-state index in [0.717, 1.165) is 11.1 Å². The van der Waals surface area contributed by atoms with Crippen LogP contribution in [0.4, 0.5) is 11.6 Å². The lowest BCUT2D eigenvalue weighted by atomic mass is 9.94. The number of halogens is 2. The van der Waals surface area contributed by atoms with Crippen molar-refractivity contribution in [2.75, 3.05) is 23.8 Å². The Morgan fingerprint density at radius 1 is 1.05 bits per heavy atom. The van der Waals surface area contributed by atoms with Gasteiger partial charge in [-0.15, -0.1) is 0 Å². The Balaban J connectivity index is 1.52. The summed E-state index contributed by atoms with van der Waals surface area (Å²) in [5.41, 5.74) is 3.27. The van der Waals surface area contributed by atoms with Crippen LogP contribution in [-0.4, -0.2) is 39.3 Å². The number of nitrogens with one attached hydrogen (secondary N) is 2. The number of hydrogen-bond acceptors (Lipinski definition) is 8. The van der Waals surface area contributed by atoms with Crippen LogP contribution >= 0.6 is 27.5 Å². The van der Waals surface area contributed by atoms with Crippen molar-refractivity contribution < 1.29 is 19.0 Å². The number of nitrogens with zero attached hydrogens (tertiary/aromatic N) is 4. The third-order valence-corrected chi connectivity index (χ3v) is 7.18. The molecule has 0 aliphatic carbocycles. The lowest BCUT2D eigenvalue weighted by Gasteiger charge is -2.29. The third kappa shape index (κ3) is 6.15. The lowest BCUT2D eigenvalue weighted by Crippen LogP contribution is -2.31. The van der Waals surface area contributed by atoms with E-state index in [0.29, 0.717) is 69.5 Å². The number of para-hydroxylation sites is 2. The zero-order valence-electron chi connectivity index (χ0n) is 22.6. The van der Waals surface area contributed by atoms with Crippen molar-refractivity contribution in [2.45, 2.75) is 33.4 Å². The zero-order valence-corrected chi connectivity index (χ0v) is 25.0. The molecule has 212 valence electrons. The highest BCUT2D eigenvalue weighted by Crippen LogP contribution is 2.43. The molecule has 2 N–H and O–H groups in total. The second-order valence-electron chi connectivity index (χ2n) is 9.07. The Bertz CT molecular complexity index is 1590. The summed E-state index contributed by atoms with van der Waals surface area (Å²) in [6.45, 7) is 6.79. The minimum atomic E-state index is -0.665. The molecule has 12 heteroatoms. The fourth-order valence-electron chi connectivity index (χ4n) is 4.54. The van der Waals surface area contributed by atoms with Gasteiger partial charge in [-0.25, -0.2) is 0 Å². The normalized spacial score (nSPS) is 14.2. The van der Waals surface area contributed by atoms with Gasteiger partial charge in [-0.05, 0) is 94.7 Å². The highest BCUT2D eigenvalue weighted by molar-refractivity contribution is 9.10. The third-order valence-electron chi connectivity index (χ3n) is 6.34. The Morgan fingerprint density at radius 3 is 2.54 bits per heavy atom. The number of carbonyl (C=O) groups is 1. The van der Waals surface area contributed by atoms with E-state index in [1.807, 2.05) is 75.4 Å². The molecule has 4 aromatic rings. The summed E-state index contributed by atoms with van der Waals surface area (Å²) in [7, 11) is 0. The SMILES string of the molecule is CCOc1ccccc1NC(=O)C1=C(C)Nc2nnnn2C1c1cc(Br)c(OCc2ccc(Cl)cc2)c(OCC)c1. The summed E-state index contributed by atoms with van der Waals surface area (Å²) in [5, 5.41) is 18.9. The van der Waals surface area contributed by atoms with Crippen molar-refractivity contribution >= 4 is 45.1 Å². The molecule has 5 rings (SSSR count). The van der Waals surface area contributed by atoms with Crippen molar-refractivity contribution in [3.63, 3.8) is 0 Å². The predicted octanol–water partition coefficient (Wildman–Crippen LogP) is 6.39. The molecule has 2 heterocycles. The van der Waals surface area contributed by atoms with Crippen LogP contribution in [0.3, 0.4) is 0 Å². The van der Waals surface area contributed by atoms with Gasteiger partial charge in [0.2, 0.25) is 5.95 Å². The fourth-order valence-corrected chi connectivity index (χ4v) is 5.24. The lowest BCUT2D eigenvalue weighted by molar-refractivity contribution is -0.113. The highest BCUT2D eigenvalue weighted by atomic mass is 79.9. The van der Waals surface area contributed by atoms with Crippen molar-refractivity contribution in [3.05, 3.63) is 92.6 Å². The molecule has 1 aliphatic heterocycles. The van der Waals surface area contributed by atoms with Gasteiger partial charge in [0.15, 0.2) is 11.5 Å². The number of tetrazole rings is 1. The predicted molar refractivity (Wildman–Crippen MR) is 160 cm³/mol. The van der Waals surface area contributed by atoms with E-state index in [2.05, 4.69) is 42.1 Å². The van der Waals surface area contributed by atoms with E-state index in [9.17, 15) is 4.79 Å². The van der Waals surface area contributed by atoms with E-state index in [1.54, 1.807) is 10.7 Å². The molecule has 0 fully saturated rings. The van der Waals surface area contributed by atoms with Gasteiger partial charge in [-0.1, -0.05) is 41.0 Å². The molecular weight excluding hydrogens is 612 g/mol. The van der Waals surface area contributed by atoms with E-state index < -0.39 is 6.04 Å². The van der Waals surface area contributed by atoms with Crippen molar-refractivity contribution in [3.8, 4) is 17.2 Å². The van der Waals surface area contributed by atoms with Gasteiger partial charge in [0.05, 0.1) is 28.9 Å². The summed E-state index contributed by atoms with van der Waals surface area (Å²) in [6, 6.07) is 17.8. The van der Waals surface area contributed by atoms with E-state index in [1.165, 1.54) is 0 Å². The first-order valence-electron chi connectivity index (χ1n) is 13.0. The maximum Gasteiger partial charge on any atom is 0.255 e. The summed E-state index contributed by atoms with van der Waals surface area (Å²) in [4.78, 5) is 13.9. The number of rotatable bonds is 10. The standard InChI is InChI=1S/C29H28BrClN6O4/c1-4-39-23-9-7-6-8-22(23)33-28(38)25-17(3)32-29-34-35-36-37(29)26(25)19-14-21(30)27(24(15-19)40-5-2)41-16-18-10-12-20(31)13-11-18/h6-15,26H,4-5,16H2,1-3H3,(H,33,38)(H,32,34,36). The number of aromatic nitrogens is 4. The first-order chi connectivity index (χ1) is 19.9. The molecule has 1 unspecified atom stereocenters. The number of benzene rings is 3. The Morgan fingerprint density at radius 2 is 1.78 bits per heavy atom. The van der Waals surface area contributed by atoms with Crippen LogP contribution in [-0.2, 0) is 11.4 Å². The molecular formula is C29H28BrClN6O4. The maximum absolute atomic E-state index is 13.9. The van der Waals surface area contributed by atoms with Crippen LogP contribution in [0.5, 0.6) is 17.2 Å². The van der Waals surface area contributed by atoms with Crippen LogP contribution in [0.1, 0.15) is 37.9 Å². The molecule has 41 heavy (non-hydrogen) atoms. The van der Waals surface area contributed by atoms with Crippen LogP contribution in [0.15, 0.2) is 76.4 Å². The highest BCUT2D eigenvalue weighted by Gasteiger charge is 2.35. The Kier molecular flexibility index (Phi) is 8.75. The minimum absolute atomic E-state index is 0.311.